The van der Waals surface area contributed by atoms with Gasteiger partial charge in [-0.05, 0) is 55.3 Å². The molecular weight excluding hydrogens is 372 g/mol. The normalized spacial score (nSPS) is 21.9. The van der Waals surface area contributed by atoms with Gasteiger partial charge >= 0.3 is 0 Å². The lowest BCUT2D eigenvalue weighted by atomic mass is 9.93. The second-order valence-electron chi connectivity index (χ2n) is 7.71. The van der Waals surface area contributed by atoms with Gasteiger partial charge in [0.15, 0.2) is 5.82 Å². The monoisotopic (exact) mass is 400 g/mol. The van der Waals surface area contributed by atoms with Crippen molar-refractivity contribution in [1.82, 2.24) is 25.1 Å². The molecule has 0 aliphatic carbocycles. The summed E-state index contributed by atoms with van der Waals surface area (Å²) in [7, 11) is 1.67. The van der Waals surface area contributed by atoms with Crippen LogP contribution in [0, 0.1) is 5.92 Å². The molecule has 1 aromatic carbocycles. The van der Waals surface area contributed by atoms with E-state index in [2.05, 4.69) is 26.5 Å². The minimum absolute atomic E-state index is 0.0764. The van der Waals surface area contributed by atoms with E-state index in [4.69, 9.17) is 15.2 Å². The Labute approximate surface area is 170 Å². The Bertz CT molecular complexity index is 827. The molecule has 2 aliphatic heterocycles. The molecule has 29 heavy (non-hydrogen) atoms. The molecule has 1 amide bonds. The Kier molecular flexibility index (Phi) is 6.05. The molecular formula is C20H28N6O3. The number of benzene rings is 1. The maximum absolute atomic E-state index is 11.6. The standard InChI is InChI=1S/C20H28N6O3/c1-28-17-7-3-2-6-16(17)18(25-10-8-14(9-11-25)19(21)27)20-22-23-24-26(20)13-15-5-4-12-29-15/h2-3,6-7,14-15,18H,4-5,8-13H2,1H3,(H2,21,27)/t15-,18+/m0/s1. The third-order valence-corrected chi connectivity index (χ3v) is 5.94. The summed E-state index contributed by atoms with van der Waals surface area (Å²) in [4.78, 5) is 13.9. The molecule has 0 radical (unpaired) electrons. The van der Waals surface area contributed by atoms with Crippen LogP contribution in [0.1, 0.15) is 43.1 Å². The van der Waals surface area contributed by atoms with E-state index in [9.17, 15) is 4.79 Å². The number of para-hydroxylation sites is 1. The van der Waals surface area contributed by atoms with Gasteiger partial charge in [-0.3, -0.25) is 9.69 Å². The number of hydrogen-bond acceptors (Lipinski definition) is 7. The smallest absolute Gasteiger partial charge is 0.220 e. The Balaban J connectivity index is 1.66. The summed E-state index contributed by atoms with van der Waals surface area (Å²) < 4.78 is 13.3. The van der Waals surface area contributed by atoms with Gasteiger partial charge in [0.1, 0.15) is 11.8 Å². The van der Waals surface area contributed by atoms with Gasteiger partial charge in [0, 0.05) is 18.1 Å². The van der Waals surface area contributed by atoms with E-state index >= 15 is 0 Å². The third kappa shape index (κ3) is 4.25. The van der Waals surface area contributed by atoms with E-state index in [1.54, 1.807) is 7.11 Å². The predicted molar refractivity (Wildman–Crippen MR) is 105 cm³/mol. The number of hydrogen-bond donors (Lipinski definition) is 1. The first-order valence-corrected chi connectivity index (χ1v) is 10.2. The second kappa shape index (κ2) is 8.87. The van der Waals surface area contributed by atoms with Gasteiger partial charge in [0.05, 0.1) is 19.8 Å². The SMILES string of the molecule is COc1ccccc1[C@H](c1nnnn1C[C@@H]1CCCO1)N1CCC(C(N)=O)CC1. The third-order valence-electron chi connectivity index (χ3n) is 5.94. The lowest BCUT2D eigenvalue weighted by Gasteiger charge is -2.36. The summed E-state index contributed by atoms with van der Waals surface area (Å²) in [5.41, 5.74) is 6.54. The molecule has 0 unspecified atom stereocenters. The predicted octanol–water partition coefficient (Wildman–Crippen LogP) is 1.15. The van der Waals surface area contributed by atoms with Crippen LogP contribution in [-0.4, -0.2) is 63.9 Å². The van der Waals surface area contributed by atoms with E-state index in [1.807, 2.05) is 22.9 Å². The fourth-order valence-electron chi connectivity index (χ4n) is 4.35. The number of ether oxygens (including phenoxy) is 2. The number of nitrogens with two attached hydrogens (primary N) is 1. The van der Waals surface area contributed by atoms with Crippen LogP contribution in [0.2, 0.25) is 0 Å². The minimum Gasteiger partial charge on any atom is -0.496 e. The van der Waals surface area contributed by atoms with Crippen molar-refractivity contribution in [2.24, 2.45) is 11.7 Å². The number of carbonyl (C=O) groups excluding carboxylic acids is 1. The molecule has 2 saturated heterocycles. The average molecular weight is 400 g/mol. The molecule has 2 N–H and O–H groups in total. The topological polar surface area (TPSA) is 108 Å². The molecule has 9 nitrogen and oxygen atoms in total. The lowest BCUT2D eigenvalue weighted by molar-refractivity contribution is -0.123. The van der Waals surface area contributed by atoms with E-state index in [0.717, 1.165) is 62.5 Å². The van der Waals surface area contributed by atoms with Gasteiger partial charge in [-0.15, -0.1) is 5.10 Å². The van der Waals surface area contributed by atoms with Gasteiger partial charge in [-0.2, -0.15) is 0 Å². The Morgan fingerprint density at radius 2 is 2.10 bits per heavy atom. The number of aromatic nitrogens is 4. The molecule has 0 bridgehead atoms. The number of likely N-dealkylation sites (tertiary alicyclic amines) is 1. The molecule has 2 atom stereocenters. The van der Waals surface area contributed by atoms with Crippen molar-refractivity contribution in [2.45, 2.75) is 44.4 Å². The summed E-state index contributed by atoms with van der Waals surface area (Å²) in [6.45, 7) is 2.90. The number of amides is 1. The molecule has 2 fully saturated rings. The van der Waals surface area contributed by atoms with E-state index in [0.29, 0.717) is 6.54 Å². The number of piperidine rings is 1. The van der Waals surface area contributed by atoms with Crippen molar-refractivity contribution in [3.05, 3.63) is 35.7 Å². The second-order valence-corrected chi connectivity index (χ2v) is 7.71. The van der Waals surface area contributed by atoms with Crippen LogP contribution in [0.4, 0.5) is 0 Å². The van der Waals surface area contributed by atoms with Crippen LogP contribution >= 0.6 is 0 Å². The molecule has 0 spiro atoms. The summed E-state index contributed by atoms with van der Waals surface area (Å²) in [5, 5.41) is 12.6. The fraction of sp³-hybridized carbons (Fsp3) is 0.600. The average Bonchev–Trinajstić information content (AvgIpc) is 3.42. The number of primary amides is 1. The zero-order valence-corrected chi connectivity index (χ0v) is 16.7. The molecule has 2 aromatic rings. The van der Waals surface area contributed by atoms with E-state index < -0.39 is 0 Å². The van der Waals surface area contributed by atoms with Crippen molar-refractivity contribution in [2.75, 3.05) is 26.8 Å². The van der Waals surface area contributed by atoms with Gasteiger partial charge < -0.3 is 15.2 Å². The van der Waals surface area contributed by atoms with Crippen molar-refractivity contribution in [3.8, 4) is 5.75 Å². The zero-order valence-electron chi connectivity index (χ0n) is 16.7. The van der Waals surface area contributed by atoms with Gasteiger partial charge in [0.25, 0.3) is 0 Å². The Morgan fingerprint density at radius 1 is 1.31 bits per heavy atom. The van der Waals surface area contributed by atoms with Gasteiger partial charge in [-0.25, -0.2) is 4.68 Å². The highest BCUT2D eigenvalue weighted by atomic mass is 16.5. The van der Waals surface area contributed by atoms with Crippen LogP contribution in [0.15, 0.2) is 24.3 Å². The highest BCUT2D eigenvalue weighted by Gasteiger charge is 2.34. The number of methoxy groups -OCH3 is 1. The summed E-state index contributed by atoms with van der Waals surface area (Å²) >= 11 is 0. The molecule has 1 aromatic heterocycles. The zero-order chi connectivity index (χ0) is 20.2. The quantitative estimate of drug-likeness (QED) is 0.742. The first-order valence-electron chi connectivity index (χ1n) is 10.2. The van der Waals surface area contributed by atoms with Crippen molar-refractivity contribution >= 4 is 5.91 Å². The fourth-order valence-corrected chi connectivity index (χ4v) is 4.35. The lowest BCUT2D eigenvalue weighted by Crippen LogP contribution is -2.41. The highest BCUT2D eigenvalue weighted by molar-refractivity contribution is 5.76. The molecule has 2 aliphatic rings. The minimum atomic E-state index is -0.221. The van der Waals surface area contributed by atoms with Crippen LogP contribution in [0.3, 0.4) is 0 Å². The van der Waals surface area contributed by atoms with Crippen molar-refractivity contribution < 1.29 is 14.3 Å². The summed E-state index contributed by atoms with van der Waals surface area (Å²) in [5.74, 6) is 1.26. The van der Waals surface area contributed by atoms with E-state index in [1.165, 1.54) is 0 Å². The number of tetrazole rings is 1. The van der Waals surface area contributed by atoms with Crippen LogP contribution in [0.25, 0.3) is 0 Å². The van der Waals surface area contributed by atoms with Crippen LogP contribution < -0.4 is 10.5 Å². The molecule has 156 valence electrons. The maximum atomic E-state index is 11.6. The first kappa shape index (κ1) is 19.8. The van der Waals surface area contributed by atoms with Crippen molar-refractivity contribution in [1.29, 1.82) is 0 Å². The summed E-state index contributed by atoms with van der Waals surface area (Å²) in [6.07, 6.45) is 3.68. The Hall–Kier alpha value is -2.52. The highest BCUT2D eigenvalue weighted by Crippen LogP contribution is 2.36. The molecule has 9 heteroatoms. The van der Waals surface area contributed by atoms with E-state index in [-0.39, 0.29) is 24.0 Å². The van der Waals surface area contributed by atoms with Crippen molar-refractivity contribution in [3.63, 3.8) is 0 Å². The number of nitrogens with zero attached hydrogens (tertiary/aromatic N) is 5. The first-order chi connectivity index (χ1) is 14.2. The molecule has 4 rings (SSSR count). The van der Waals surface area contributed by atoms with Crippen LogP contribution in [0.5, 0.6) is 5.75 Å². The molecule has 0 saturated carbocycles. The number of carbonyl (C=O) groups is 1. The molecule has 3 heterocycles. The van der Waals surface area contributed by atoms with Gasteiger partial charge in [-0.1, -0.05) is 18.2 Å². The maximum Gasteiger partial charge on any atom is 0.220 e. The Morgan fingerprint density at radius 3 is 2.79 bits per heavy atom. The number of rotatable bonds is 7. The van der Waals surface area contributed by atoms with Gasteiger partial charge in [0.2, 0.25) is 5.91 Å². The largest absolute Gasteiger partial charge is 0.496 e. The summed E-state index contributed by atoms with van der Waals surface area (Å²) in [6, 6.07) is 7.78. The van der Waals surface area contributed by atoms with Crippen LogP contribution in [-0.2, 0) is 16.1 Å².